The van der Waals surface area contributed by atoms with Gasteiger partial charge in [0.15, 0.2) is 17.3 Å². The van der Waals surface area contributed by atoms with Crippen LogP contribution in [0.25, 0.3) is 0 Å². The molecule has 6 heteroatoms. The summed E-state index contributed by atoms with van der Waals surface area (Å²) >= 11 is 0. The zero-order valence-electron chi connectivity index (χ0n) is 11.7. The minimum atomic E-state index is -3.66. The monoisotopic (exact) mass is 285 g/mol. The smallest absolute Gasteiger partial charge is 0.395 e. The lowest BCUT2D eigenvalue weighted by atomic mass is 10.0. The first-order valence-corrected chi connectivity index (χ1v) is 6.56. The Morgan fingerprint density at radius 2 is 1.85 bits per heavy atom. The van der Waals surface area contributed by atoms with Crippen LogP contribution in [-0.4, -0.2) is 36.1 Å². The largest absolute Gasteiger partial charge is 0.586 e. The zero-order valence-corrected chi connectivity index (χ0v) is 11.7. The molecule has 110 valence electrons. The molecular weight excluding hydrogens is 268 g/mol. The van der Waals surface area contributed by atoms with Gasteiger partial charge in [0.25, 0.3) is 0 Å². The molecule has 1 unspecified atom stereocenters. The Kier molecular flexibility index (Phi) is 3.94. The van der Waals surface area contributed by atoms with Gasteiger partial charge in [-0.05, 0) is 38.2 Å². The van der Waals surface area contributed by atoms with Crippen molar-refractivity contribution in [3.05, 3.63) is 23.8 Å². The van der Waals surface area contributed by atoms with Crippen LogP contribution in [0.1, 0.15) is 31.1 Å². The fourth-order valence-corrected chi connectivity index (χ4v) is 2.28. The van der Waals surface area contributed by atoms with E-state index in [4.69, 9.17) is 0 Å². The van der Waals surface area contributed by atoms with E-state index >= 15 is 0 Å². The van der Waals surface area contributed by atoms with Crippen LogP contribution >= 0.6 is 0 Å². The molecule has 0 spiro atoms. The average molecular weight is 285 g/mol. The highest BCUT2D eigenvalue weighted by molar-refractivity contribution is 6.00. The van der Waals surface area contributed by atoms with Gasteiger partial charge in [0, 0.05) is 5.56 Å². The summed E-state index contributed by atoms with van der Waals surface area (Å²) in [5, 5.41) is 0. The van der Waals surface area contributed by atoms with E-state index in [2.05, 4.69) is 9.47 Å². The van der Waals surface area contributed by atoms with Crippen LogP contribution in [0.15, 0.2) is 18.2 Å². The van der Waals surface area contributed by atoms with Crippen molar-refractivity contribution < 1.29 is 23.0 Å². The summed E-state index contributed by atoms with van der Waals surface area (Å²) in [6.07, 6.45) is -3.66. The van der Waals surface area contributed by atoms with Crippen molar-refractivity contribution in [2.24, 2.45) is 0 Å². The SMILES string of the molecule is CCN(CC)C(C)C(=O)c1ccc2c(c1)OC(F)(F)O2. The molecule has 20 heavy (non-hydrogen) atoms. The summed E-state index contributed by atoms with van der Waals surface area (Å²) in [6, 6.07) is 3.80. The van der Waals surface area contributed by atoms with Crippen molar-refractivity contribution in [3.63, 3.8) is 0 Å². The minimum absolute atomic E-state index is 0.0537. The van der Waals surface area contributed by atoms with Crippen LogP contribution in [-0.2, 0) is 0 Å². The minimum Gasteiger partial charge on any atom is -0.395 e. The molecule has 0 radical (unpaired) electrons. The van der Waals surface area contributed by atoms with Gasteiger partial charge >= 0.3 is 6.29 Å². The van der Waals surface area contributed by atoms with Crippen LogP contribution in [0.2, 0.25) is 0 Å². The lowest BCUT2D eigenvalue weighted by Crippen LogP contribution is -2.38. The number of ketones is 1. The lowest BCUT2D eigenvalue weighted by molar-refractivity contribution is -0.286. The third kappa shape index (κ3) is 2.75. The number of hydrogen-bond donors (Lipinski definition) is 0. The Morgan fingerprint density at radius 1 is 1.25 bits per heavy atom. The lowest BCUT2D eigenvalue weighted by Gasteiger charge is -2.25. The highest BCUT2D eigenvalue weighted by atomic mass is 19.3. The molecule has 1 aromatic carbocycles. The number of benzene rings is 1. The highest BCUT2D eigenvalue weighted by Gasteiger charge is 2.43. The van der Waals surface area contributed by atoms with Gasteiger partial charge in [-0.1, -0.05) is 13.8 Å². The van der Waals surface area contributed by atoms with E-state index in [1.54, 1.807) is 6.92 Å². The van der Waals surface area contributed by atoms with E-state index in [1.165, 1.54) is 18.2 Å². The molecule has 0 fully saturated rings. The molecular formula is C14H17F2NO3. The molecule has 0 aliphatic carbocycles. The van der Waals surface area contributed by atoms with Gasteiger partial charge in [0.05, 0.1) is 6.04 Å². The molecule has 1 aliphatic heterocycles. The summed E-state index contributed by atoms with van der Waals surface area (Å²) in [5.74, 6) is -0.287. The molecule has 0 bridgehead atoms. The number of carbonyl (C=O) groups is 1. The number of ether oxygens (including phenoxy) is 2. The topological polar surface area (TPSA) is 38.8 Å². The summed E-state index contributed by atoms with van der Waals surface area (Å²) in [7, 11) is 0. The maximum atomic E-state index is 12.9. The van der Waals surface area contributed by atoms with Crippen molar-refractivity contribution in [1.82, 2.24) is 4.90 Å². The van der Waals surface area contributed by atoms with Crippen molar-refractivity contribution in [1.29, 1.82) is 0 Å². The highest BCUT2D eigenvalue weighted by Crippen LogP contribution is 2.41. The second kappa shape index (κ2) is 5.36. The molecule has 1 aliphatic rings. The Labute approximate surface area is 116 Å². The first-order valence-electron chi connectivity index (χ1n) is 6.56. The number of likely N-dealkylation sites (N-methyl/N-ethyl adjacent to an activating group) is 1. The van der Waals surface area contributed by atoms with E-state index in [9.17, 15) is 13.6 Å². The Morgan fingerprint density at radius 3 is 2.45 bits per heavy atom. The average Bonchev–Trinajstić information content (AvgIpc) is 2.71. The quantitative estimate of drug-likeness (QED) is 0.780. The summed E-state index contributed by atoms with van der Waals surface area (Å²) < 4.78 is 34.5. The van der Waals surface area contributed by atoms with Crippen LogP contribution in [0.3, 0.4) is 0 Å². The Balaban J connectivity index is 2.21. The van der Waals surface area contributed by atoms with Gasteiger partial charge in [-0.3, -0.25) is 9.69 Å². The predicted octanol–water partition coefficient (Wildman–Crippen LogP) is 2.92. The van der Waals surface area contributed by atoms with Crippen molar-refractivity contribution in [2.45, 2.75) is 33.1 Å². The van der Waals surface area contributed by atoms with E-state index in [1.807, 2.05) is 18.7 Å². The van der Waals surface area contributed by atoms with Crippen molar-refractivity contribution >= 4 is 5.78 Å². The second-order valence-corrected chi connectivity index (χ2v) is 4.59. The third-order valence-electron chi connectivity index (χ3n) is 3.43. The number of carbonyl (C=O) groups excluding carboxylic acids is 1. The first-order chi connectivity index (χ1) is 9.38. The van der Waals surface area contributed by atoms with E-state index in [0.717, 1.165) is 13.1 Å². The zero-order chi connectivity index (χ0) is 14.9. The molecule has 2 rings (SSSR count). The number of hydrogen-bond acceptors (Lipinski definition) is 4. The molecule has 0 aromatic heterocycles. The van der Waals surface area contributed by atoms with Gasteiger partial charge in [0.1, 0.15) is 0 Å². The molecule has 0 saturated carbocycles. The maximum absolute atomic E-state index is 12.9. The number of rotatable bonds is 5. The predicted molar refractivity (Wildman–Crippen MR) is 69.4 cm³/mol. The van der Waals surface area contributed by atoms with Gasteiger partial charge in [-0.25, -0.2) is 0 Å². The Bertz CT molecular complexity index is 515. The van der Waals surface area contributed by atoms with Crippen LogP contribution in [0.4, 0.5) is 8.78 Å². The van der Waals surface area contributed by atoms with E-state index in [0.29, 0.717) is 5.56 Å². The molecule has 0 N–H and O–H groups in total. The fraction of sp³-hybridized carbons (Fsp3) is 0.500. The standard InChI is InChI=1S/C14H17F2NO3/c1-4-17(5-2)9(3)13(18)10-6-7-11-12(8-10)20-14(15,16)19-11/h6-9H,4-5H2,1-3H3. The molecule has 4 nitrogen and oxygen atoms in total. The molecule has 1 atom stereocenters. The van der Waals surface area contributed by atoms with E-state index < -0.39 is 6.29 Å². The van der Waals surface area contributed by atoms with Gasteiger partial charge in [-0.15, -0.1) is 8.78 Å². The number of Topliss-reactive ketones (excluding diaryl/α,β-unsaturated/α-hetero) is 1. The van der Waals surface area contributed by atoms with Gasteiger partial charge < -0.3 is 9.47 Å². The van der Waals surface area contributed by atoms with Gasteiger partial charge in [-0.2, -0.15) is 0 Å². The first kappa shape index (κ1) is 14.7. The number of alkyl halides is 2. The van der Waals surface area contributed by atoms with Crippen LogP contribution < -0.4 is 9.47 Å². The molecule has 1 heterocycles. The normalized spacial score (nSPS) is 17.3. The molecule has 0 amide bonds. The maximum Gasteiger partial charge on any atom is 0.586 e. The fourth-order valence-electron chi connectivity index (χ4n) is 2.28. The van der Waals surface area contributed by atoms with Crippen LogP contribution in [0, 0.1) is 0 Å². The summed E-state index contributed by atoms with van der Waals surface area (Å²) in [5.41, 5.74) is 0.337. The number of fused-ring (bicyclic) bond motifs is 1. The molecule has 0 saturated heterocycles. The van der Waals surface area contributed by atoms with E-state index in [-0.39, 0.29) is 23.3 Å². The Hall–Kier alpha value is -1.69. The third-order valence-corrected chi connectivity index (χ3v) is 3.43. The van der Waals surface area contributed by atoms with Crippen molar-refractivity contribution in [2.75, 3.05) is 13.1 Å². The number of nitrogens with zero attached hydrogens (tertiary/aromatic N) is 1. The molecule has 1 aromatic rings. The van der Waals surface area contributed by atoms with Gasteiger partial charge in [0.2, 0.25) is 0 Å². The summed E-state index contributed by atoms with van der Waals surface area (Å²) in [4.78, 5) is 14.3. The van der Waals surface area contributed by atoms with Crippen molar-refractivity contribution in [3.8, 4) is 11.5 Å². The second-order valence-electron chi connectivity index (χ2n) is 4.59. The summed E-state index contributed by atoms with van der Waals surface area (Å²) in [6.45, 7) is 7.22. The van der Waals surface area contributed by atoms with Crippen LogP contribution in [0.5, 0.6) is 11.5 Å². The number of halogens is 2.